The third-order valence-electron chi connectivity index (χ3n) is 7.10. The van der Waals surface area contributed by atoms with Gasteiger partial charge in [0.1, 0.15) is 5.75 Å². The Morgan fingerprint density at radius 1 is 1.12 bits per heavy atom. The first-order valence-corrected chi connectivity index (χ1v) is 11.3. The third kappa shape index (κ3) is 4.37. The highest BCUT2D eigenvalue weighted by Gasteiger charge is 2.53. The van der Waals surface area contributed by atoms with Crippen LogP contribution in [0, 0.1) is 5.92 Å². The van der Waals surface area contributed by atoms with Crippen LogP contribution < -0.4 is 4.74 Å². The Hall–Kier alpha value is -3.19. The van der Waals surface area contributed by atoms with Crippen molar-refractivity contribution in [3.05, 3.63) is 65.7 Å². The molecule has 174 valence electrons. The van der Waals surface area contributed by atoms with Crippen LogP contribution in [0.2, 0.25) is 0 Å². The molecule has 0 unspecified atom stereocenters. The number of amides is 3. The van der Waals surface area contributed by atoms with Gasteiger partial charge >= 0.3 is 0 Å². The van der Waals surface area contributed by atoms with Crippen LogP contribution in [-0.2, 0) is 19.8 Å². The Morgan fingerprint density at radius 3 is 2.42 bits per heavy atom. The lowest BCUT2D eigenvalue weighted by Crippen LogP contribution is -2.45. The maximum Gasteiger partial charge on any atom is 0.240 e. The average Bonchev–Trinajstić information content (AvgIpc) is 3.08. The van der Waals surface area contributed by atoms with Crippen molar-refractivity contribution < 1.29 is 24.2 Å². The predicted octanol–water partition coefficient (Wildman–Crippen LogP) is 2.68. The van der Waals surface area contributed by atoms with Crippen molar-refractivity contribution in [1.29, 1.82) is 0 Å². The quantitative estimate of drug-likeness (QED) is 0.684. The number of methoxy groups -OCH3 is 1. The minimum Gasteiger partial charge on any atom is -0.497 e. The maximum atomic E-state index is 13.3. The van der Waals surface area contributed by atoms with E-state index < -0.39 is 11.5 Å². The summed E-state index contributed by atoms with van der Waals surface area (Å²) in [6.07, 6.45) is 0.696. The summed E-state index contributed by atoms with van der Waals surface area (Å²) in [6.45, 7) is 1.03. The summed E-state index contributed by atoms with van der Waals surface area (Å²) in [7, 11) is 3.01. The number of aliphatic hydroxyl groups excluding tert-OH is 1. The molecule has 33 heavy (non-hydrogen) atoms. The Morgan fingerprint density at radius 2 is 1.82 bits per heavy atom. The molecule has 7 heteroatoms. The molecule has 2 aliphatic rings. The molecule has 4 rings (SSSR count). The van der Waals surface area contributed by atoms with Gasteiger partial charge in [0.05, 0.1) is 18.6 Å². The van der Waals surface area contributed by atoms with E-state index in [1.165, 1.54) is 7.05 Å². The molecule has 2 atom stereocenters. The van der Waals surface area contributed by atoms with Crippen molar-refractivity contribution in [3.8, 4) is 5.75 Å². The minimum atomic E-state index is -1.22. The molecule has 0 bridgehead atoms. The van der Waals surface area contributed by atoms with Crippen LogP contribution in [0.5, 0.6) is 5.75 Å². The summed E-state index contributed by atoms with van der Waals surface area (Å²) in [6, 6.07) is 16.6. The van der Waals surface area contributed by atoms with E-state index in [-0.39, 0.29) is 36.5 Å². The lowest BCUT2D eigenvalue weighted by atomic mass is 9.75. The zero-order valence-corrected chi connectivity index (χ0v) is 19.1. The molecule has 1 N–H and O–H groups in total. The van der Waals surface area contributed by atoms with E-state index in [0.717, 1.165) is 10.5 Å². The van der Waals surface area contributed by atoms with Gasteiger partial charge < -0.3 is 14.7 Å². The van der Waals surface area contributed by atoms with Gasteiger partial charge in [-0.1, -0.05) is 42.5 Å². The fourth-order valence-electron chi connectivity index (χ4n) is 5.03. The van der Waals surface area contributed by atoms with E-state index in [4.69, 9.17) is 4.74 Å². The van der Waals surface area contributed by atoms with Crippen LogP contribution in [0.3, 0.4) is 0 Å². The highest BCUT2D eigenvalue weighted by molar-refractivity contribution is 6.10. The molecule has 2 fully saturated rings. The Labute approximate surface area is 193 Å². The third-order valence-corrected chi connectivity index (χ3v) is 7.10. The number of nitrogens with zero attached hydrogens (tertiary/aromatic N) is 2. The summed E-state index contributed by atoms with van der Waals surface area (Å²) in [4.78, 5) is 41.9. The number of carbonyl (C=O) groups is 3. The maximum absolute atomic E-state index is 13.3. The van der Waals surface area contributed by atoms with Gasteiger partial charge in [0.25, 0.3) is 0 Å². The predicted molar refractivity (Wildman–Crippen MR) is 122 cm³/mol. The zero-order valence-electron chi connectivity index (χ0n) is 19.1. The van der Waals surface area contributed by atoms with Crippen molar-refractivity contribution in [2.75, 3.05) is 27.2 Å². The van der Waals surface area contributed by atoms with E-state index in [9.17, 15) is 19.5 Å². The molecule has 2 aromatic carbocycles. The zero-order chi connectivity index (χ0) is 23.6. The van der Waals surface area contributed by atoms with E-state index in [1.54, 1.807) is 36.3 Å². The van der Waals surface area contributed by atoms with E-state index in [0.29, 0.717) is 37.2 Å². The molecular weight excluding hydrogens is 420 g/mol. The number of benzene rings is 2. The van der Waals surface area contributed by atoms with Crippen molar-refractivity contribution >= 4 is 17.7 Å². The Balaban J connectivity index is 1.49. The van der Waals surface area contributed by atoms with E-state index >= 15 is 0 Å². The molecule has 3 amide bonds. The second-order valence-electron chi connectivity index (χ2n) is 9.00. The molecular formula is C26H30N2O5. The van der Waals surface area contributed by atoms with E-state index in [1.807, 2.05) is 30.3 Å². The van der Waals surface area contributed by atoms with Gasteiger partial charge in [-0.2, -0.15) is 0 Å². The first kappa shape index (κ1) is 23.0. The van der Waals surface area contributed by atoms with Crippen molar-refractivity contribution in [1.82, 2.24) is 9.80 Å². The number of likely N-dealkylation sites (tertiary alicyclic amines) is 2. The molecule has 2 aromatic rings. The number of hydrogen-bond acceptors (Lipinski definition) is 5. The fourth-order valence-corrected chi connectivity index (χ4v) is 5.03. The summed E-state index contributed by atoms with van der Waals surface area (Å²) in [5, 5.41) is 10.7. The number of carbonyl (C=O) groups excluding carboxylic acids is 3. The van der Waals surface area contributed by atoms with E-state index in [2.05, 4.69) is 0 Å². The first-order chi connectivity index (χ1) is 15.9. The van der Waals surface area contributed by atoms with Gasteiger partial charge in [0.15, 0.2) is 0 Å². The normalized spacial score (nSPS) is 22.5. The average molecular weight is 451 g/mol. The summed E-state index contributed by atoms with van der Waals surface area (Å²) >= 11 is 0. The number of rotatable bonds is 6. The minimum absolute atomic E-state index is 0.0373. The SMILES string of the molecule is COc1cccc([C@@]2(CC(=O)N3CCC([C@@H](O)c4ccccc4)CC3)CC(=O)N(C)C2=O)c1. The van der Waals surface area contributed by atoms with Crippen molar-refractivity contribution in [2.45, 2.75) is 37.2 Å². The van der Waals surface area contributed by atoms with Gasteiger partial charge in [0.2, 0.25) is 17.7 Å². The highest BCUT2D eigenvalue weighted by Crippen LogP contribution is 2.41. The van der Waals surface area contributed by atoms with Gasteiger partial charge in [0, 0.05) is 33.0 Å². The summed E-state index contributed by atoms with van der Waals surface area (Å²) < 4.78 is 5.31. The van der Waals surface area contributed by atoms with Crippen LogP contribution >= 0.6 is 0 Å². The smallest absolute Gasteiger partial charge is 0.240 e. The molecule has 7 nitrogen and oxygen atoms in total. The lowest BCUT2D eigenvalue weighted by Gasteiger charge is -2.36. The van der Waals surface area contributed by atoms with Gasteiger partial charge in [-0.05, 0) is 42.0 Å². The van der Waals surface area contributed by atoms with Crippen molar-refractivity contribution in [3.63, 3.8) is 0 Å². The Bertz CT molecular complexity index is 1030. The van der Waals surface area contributed by atoms with Crippen LogP contribution in [-0.4, -0.2) is 59.9 Å². The fraction of sp³-hybridized carbons (Fsp3) is 0.423. The molecule has 0 radical (unpaired) electrons. The van der Waals surface area contributed by atoms with Gasteiger partial charge in [-0.15, -0.1) is 0 Å². The standard InChI is InChI=1S/C26H30N2O5/c1-27-22(29)16-26(25(27)32,20-9-6-10-21(15-20)33-2)17-23(30)28-13-11-19(12-14-28)24(31)18-7-4-3-5-8-18/h3-10,15,19,24,31H,11-14,16-17H2,1-2H3/t24-,26-/m0/s1. The Kier molecular flexibility index (Phi) is 6.51. The lowest BCUT2D eigenvalue weighted by molar-refractivity contribution is -0.142. The second-order valence-corrected chi connectivity index (χ2v) is 9.00. The van der Waals surface area contributed by atoms with Crippen molar-refractivity contribution in [2.24, 2.45) is 5.92 Å². The molecule has 0 aliphatic carbocycles. The summed E-state index contributed by atoms with van der Waals surface area (Å²) in [5.41, 5.74) is 0.280. The van der Waals surface area contributed by atoms with Crippen LogP contribution in [0.1, 0.15) is 42.9 Å². The molecule has 0 saturated carbocycles. The number of imide groups is 1. The topological polar surface area (TPSA) is 87.2 Å². The number of piperidine rings is 1. The molecule has 2 heterocycles. The molecule has 2 saturated heterocycles. The number of likely N-dealkylation sites (N-methyl/N-ethyl adjacent to an activating group) is 1. The largest absolute Gasteiger partial charge is 0.497 e. The highest BCUT2D eigenvalue weighted by atomic mass is 16.5. The van der Waals surface area contributed by atoms with Crippen LogP contribution in [0.25, 0.3) is 0 Å². The first-order valence-electron chi connectivity index (χ1n) is 11.3. The number of aliphatic hydroxyl groups is 1. The second kappa shape index (κ2) is 9.35. The molecule has 0 aromatic heterocycles. The van der Waals surface area contributed by atoms with Crippen LogP contribution in [0.15, 0.2) is 54.6 Å². The molecule has 0 spiro atoms. The monoisotopic (exact) mass is 450 g/mol. The number of hydrogen-bond donors (Lipinski definition) is 1. The number of ether oxygens (including phenoxy) is 1. The van der Waals surface area contributed by atoms with Gasteiger partial charge in [-0.25, -0.2) is 0 Å². The van der Waals surface area contributed by atoms with Crippen LogP contribution in [0.4, 0.5) is 0 Å². The van der Waals surface area contributed by atoms with Gasteiger partial charge in [-0.3, -0.25) is 19.3 Å². The molecule has 2 aliphatic heterocycles. The summed E-state index contributed by atoms with van der Waals surface area (Å²) in [5.74, 6) is -0.153.